The van der Waals surface area contributed by atoms with Crippen molar-refractivity contribution < 1.29 is 0 Å². The van der Waals surface area contributed by atoms with Gasteiger partial charge in [-0.15, -0.1) is 0 Å². The van der Waals surface area contributed by atoms with Crippen molar-refractivity contribution in [3.05, 3.63) is 47.5 Å². The third-order valence-electron chi connectivity index (χ3n) is 3.78. The first-order valence-electron chi connectivity index (χ1n) is 7.06. The Hall–Kier alpha value is -1.72. The topological polar surface area (TPSA) is 68.8 Å². The molecule has 2 rings (SSSR count). The van der Waals surface area contributed by atoms with Crippen LogP contribution in [0.4, 0.5) is 0 Å². The van der Waals surface area contributed by atoms with Crippen LogP contribution in [0.3, 0.4) is 0 Å². The zero-order chi connectivity index (χ0) is 14.5. The number of pyridine rings is 1. The van der Waals surface area contributed by atoms with E-state index in [-0.39, 0.29) is 6.04 Å². The number of hydrazine groups is 1. The number of aromatic nitrogens is 3. The average Bonchev–Trinajstić information content (AvgIpc) is 2.93. The highest BCUT2D eigenvalue weighted by molar-refractivity contribution is 5.26. The summed E-state index contributed by atoms with van der Waals surface area (Å²) in [4.78, 5) is 4.18. The summed E-state index contributed by atoms with van der Waals surface area (Å²) in [5.74, 6) is 5.70. The molecule has 0 bridgehead atoms. The summed E-state index contributed by atoms with van der Waals surface area (Å²) in [6.45, 7) is 6.40. The third kappa shape index (κ3) is 3.23. The van der Waals surface area contributed by atoms with E-state index in [2.05, 4.69) is 42.3 Å². The van der Waals surface area contributed by atoms with Gasteiger partial charge in [0.15, 0.2) is 0 Å². The quantitative estimate of drug-likeness (QED) is 0.626. The molecule has 0 aliphatic heterocycles. The fraction of sp³-hybridized carbons (Fsp3) is 0.467. The smallest absolute Gasteiger partial charge is 0.0644 e. The zero-order valence-electron chi connectivity index (χ0n) is 12.4. The molecule has 0 amide bonds. The van der Waals surface area contributed by atoms with E-state index >= 15 is 0 Å². The third-order valence-corrected chi connectivity index (χ3v) is 3.78. The Morgan fingerprint density at radius 1 is 1.40 bits per heavy atom. The van der Waals surface area contributed by atoms with E-state index in [1.165, 1.54) is 5.56 Å². The van der Waals surface area contributed by atoms with Crippen LogP contribution in [0.2, 0.25) is 0 Å². The van der Waals surface area contributed by atoms with Gasteiger partial charge in [-0.3, -0.25) is 20.9 Å². The van der Waals surface area contributed by atoms with Crippen molar-refractivity contribution in [2.45, 2.75) is 45.7 Å². The summed E-state index contributed by atoms with van der Waals surface area (Å²) in [5, 5.41) is 4.62. The van der Waals surface area contributed by atoms with Gasteiger partial charge in [0.2, 0.25) is 0 Å². The van der Waals surface area contributed by atoms with Crippen LogP contribution in [0.15, 0.2) is 30.7 Å². The van der Waals surface area contributed by atoms with E-state index in [9.17, 15) is 0 Å². The Balaban J connectivity index is 2.15. The molecule has 5 heteroatoms. The standard InChI is InChI=1S/C15H23N5/c1-4-12(3)20-8-6-13(19-20)9-15(18-16)14-10-17-7-5-11(14)2/h5-8,10,12,15,18H,4,9,16H2,1-3H3. The minimum absolute atomic E-state index is 0.0315. The van der Waals surface area contributed by atoms with Gasteiger partial charge in [0, 0.05) is 31.1 Å². The molecule has 0 saturated carbocycles. The fourth-order valence-corrected chi connectivity index (χ4v) is 2.23. The number of nitrogens with one attached hydrogen (secondary N) is 1. The molecule has 0 aliphatic rings. The monoisotopic (exact) mass is 273 g/mol. The van der Waals surface area contributed by atoms with Crippen molar-refractivity contribution in [1.29, 1.82) is 0 Å². The highest BCUT2D eigenvalue weighted by atomic mass is 15.3. The van der Waals surface area contributed by atoms with Gasteiger partial charge in [-0.25, -0.2) is 0 Å². The Morgan fingerprint density at radius 2 is 2.20 bits per heavy atom. The molecule has 20 heavy (non-hydrogen) atoms. The van der Waals surface area contributed by atoms with Gasteiger partial charge in [-0.1, -0.05) is 6.92 Å². The van der Waals surface area contributed by atoms with Crippen molar-refractivity contribution in [2.75, 3.05) is 0 Å². The maximum absolute atomic E-state index is 5.70. The molecule has 2 aromatic heterocycles. The van der Waals surface area contributed by atoms with E-state index in [4.69, 9.17) is 5.84 Å². The summed E-state index contributed by atoms with van der Waals surface area (Å²) in [6, 6.07) is 4.51. The second kappa shape index (κ2) is 6.63. The number of rotatable bonds is 6. The molecule has 2 unspecified atom stereocenters. The Labute approximate surface area is 120 Å². The van der Waals surface area contributed by atoms with Crippen molar-refractivity contribution in [2.24, 2.45) is 5.84 Å². The molecule has 0 saturated heterocycles. The second-order valence-corrected chi connectivity index (χ2v) is 5.20. The normalized spacial score (nSPS) is 14.2. The number of nitrogens with two attached hydrogens (primary N) is 1. The molecule has 0 radical (unpaired) electrons. The molecule has 0 aromatic carbocycles. The lowest BCUT2D eigenvalue weighted by Gasteiger charge is -2.17. The van der Waals surface area contributed by atoms with Gasteiger partial charge in [0.05, 0.1) is 11.7 Å². The molecular formula is C15H23N5. The summed E-state index contributed by atoms with van der Waals surface area (Å²) in [7, 11) is 0. The first-order valence-corrected chi connectivity index (χ1v) is 7.06. The summed E-state index contributed by atoms with van der Waals surface area (Å²) >= 11 is 0. The second-order valence-electron chi connectivity index (χ2n) is 5.20. The molecule has 108 valence electrons. The largest absolute Gasteiger partial charge is 0.271 e. The number of hydrogen-bond donors (Lipinski definition) is 2. The summed E-state index contributed by atoms with van der Waals surface area (Å²) < 4.78 is 2.01. The number of aryl methyl sites for hydroxylation is 1. The van der Waals surface area contributed by atoms with Crippen molar-refractivity contribution in [1.82, 2.24) is 20.2 Å². The molecular weight excluding hydrogens is 250 g/mol. The van der Waals surface area contributed by atoms with E-state index < -0.39 is 0 Å². The highest BCUT2D eigenvalue weighted by Gasteiger charge is 2.15. The molecule has 5 nitrogen and oxygen atoms in total. The van der Waals surface area contributed by atoms with Crippen LogP contribution in [0.25, 0.3) is 0 Å². The number of hydrogen-bond acceptors (Lipinski definition) is 4. The van der Waals surface area contributed by atoms with E-state index in [0.29, 0.717) is 6.04 Å². The Bertz CT molecular complexity index is 549. The van der Waals surface area contributed by atoms with Crippen molar-refractivity contribution in [3.8, 4) is 0 Å². The van der Waals surface area contributed by atoms with Crippen molar-refractivity contribution in [3.63, 3.8) is 0 Å². The van der Waals surface area contributed by atoms with Crippen LogP contribution in [-0.4, -0.2) is 14.8 Å². The van der Waals surface area contributed by atoms with Crippen LogP contribution in [-0.2, 0) is 6.42 Å². The highest BCUT2D eigenvalue weighted by Crippen LogP contribution is 2.20. The number of nitrogens with zero attached hydrogens (tertiary/aromatic N) is 3. The van der Waals surface area contributed by atoms with Crippen molar-refractivity contribution >= 4 is 0 Å². The van der Waals surface area contributed by atoms with Gasteiger partial charge in [0.25, 0.3) is 0 Å². The van der Waals surface area contributed by atoms with Crippen LogP contribution >= 0.6 is 0 Å². The predicted molar refractivity (Wildman–Crippen MR) is 80.0 cm³/mol. The van der Waals surface area contributed by atoms with Gasteiger partial charge >= 0.3 is 0 Å². The van der Waals surface area contributed by atoms with Crippen LogP contribution in [0.5, 0.6) is 0 Å². The lowest BCUT2D eigenvalue weighted by Crippen LogP contribution is -2.30. The lowest BCUT2D eigenvalue weighted by molar-refractivity contribution is 0.466. The average molecular weight is 273 g/mol. The molecule has 0 fully saturated rings. The Morgan fingerprint density at radius 3 is 2.85 bits per heavy atom. The van der Waals surface area contributed by atoms with Gasteiger partial charge < -0.3 is 0 Å². The lowest BCUT2D eigenvalue weighted by atomic mass is 10.0. The first-order chi connectivity index (χ1) is 9.65. The SMILES string of the molecule is CCC(C)n1ccc(CC(NN)c2cnccc2C)n1. The molecule has 2 atom stereocenters. The molecule has 2 aromatic rings. The predicted octanol–water partition coefficient (Wildman–Crippen LogP) is 2.30. The van der Waals surface area contributed by atoms with Crippen LogP contribution in [0.1, 0.15) is 49.2 Å². The maximum atomic E-state index is 5.70. The molecule has 2 heterocycles. The van der Waals surface area contributed by atoms with Gasteiger partial charge in [-0.2, -0.15) is 5.10 Å². The van der Waals surface area contributed by atoms with Gasteiger partial charge in [-0.05, 0) is 43.5 Å². The Kier molecular flexibility index (Phi) is 4.87. The summed E-state index contributed by atoms with van der Waals surface area (Å²) in [6.07, 6.45) is 7.52. The van der Waals surface area contributed by atoms with Gasteiger partial charge in [0.1, 0.15) is 0 Å². The van der Waals surface area contributed by atoms with E-state index in [1.54, 1.807) is 6.20 Å². The van der Waals surface area contributed by atoms with E-state index in [0.717, 1.165) is 24.1 Å². The maximum Gasteiger partial charge on any atom is 0.0644 e. The van der Waals surface area contributed by atoms with Crippen LogP contribution in [0, 0.1) is 6.92 Å². The zero-order valence-corrected chi connectivity index (χ0v) is 12.4. The summed E-state index contributed by atoms with van der Waals surface area (Å²) in [5.41, 5.74) is 6.21. The first kappa shape index (κ1) is 14.7. The minimum Gasteiger partial charge on any atom is -0.271 e. The molecule has 3 N–H and O–H groups in total. The fourth-order valence-electron chi connectivity index (χ4n) is 2.23. The molecule has 0 spiro atoms. The van der Waals surface area contributed by atoms with E-state index in [1.807, 2.05) is 23.1 Å². The minimum atomic E-state index is 0.0315. The molecule has 0 aliphatic carbocycles. The van der Waals surface area contributed by atoms with Crippen LogP contribution < -0.4 is 11.3 Å².